The van der Waals surface area contributed by atoms with Crippen LogP contribution in [0.1, 0.15) is 25.0 Å². The summed E-state index contributed by atoms with van der Waals surface area (Å²) in [4.78, 5) is 1.81. The number of fused-ring (bicyclic) bond motifs is 1. The Morgan fingerprint density at radius 1 is 1.04 bits per heavy atom. The van der Waals surface area contributed by atoms with Gasteiger partial charge in [-0.05, 0) is 37.6 Å². The van der Waals surface area contributed by atoms with E-state index in [1.165, 1.54) is 17.0 Å². The van der Waals surface area contributed by atoms with Crippen LogP contribution < -0.4 is 10.6 Å². The molecule has 1 heterocycles. The van der Waals surface area contributed by atoms with Crippen LogP contribution in [0, 0.1) is 12.1 Å². The molecule has 2 N–H and O–H groups in total. The molecule has 3 heteroatoms. The lowest BCUT2D eigenvalue weighted by atomic mass is 9.81. The predicted octanol–water partition coefficient (Wildman–Crippen LogP) is 3.72. The van der Waals surface area contributed by atoms with Crippen molar-refractivity contribution in [3.05, 3.63) is 65.7 Å². The van der Waals surface area contributed by atoms with Crippen molar-refractivity contribution in [2.45, 2.75) is 19.3 Å². The maximum atomic E-state index is 5.27. The molecule has 2 aromatic carbocycles. The van der Waals surface area contributed by atoms with E-state index in [1.54, 1.807) is 0 Å². The summed E-state index contributed by atoms with van der Waals surface area (Å²) in [5.74, 6) is 0. The number of rotatable bonds is 3. The molecular formula is C22H24N3+. The molecule has 0 radical (unpaired) electrons. The third kappa shape index (κ3) is 3.04. The van der Waals surface area contributed by atoms with E-state index in [1.807, 2.05) is 24.1 Å². The average Bonchev–Trinajstić information content (AvgIpc) is 2.81. The number of hydrogen-bond donors (Lipinski definition) is 1. The second kappa shape index (κ2) is 6.49. The van der Waals surface area contributed by atoms with Gasteiger partial charge in [-0.25, -0.2) is 0 Å². The second-order valence-electron chi connectivity index (χ2n) is 6.83. The van der Waals surface area contributed by atoms with Gasteiger partial charge in [-0.2, -0.15) is 4.58 Å². The molecule has 0 amide bonds. The van der Waals surface area contributed by atoms with Crippen molar-refractivity contribution in [2.24, 2.45) is 5.73 Å². The highest BCUT2D eigenvalue weighted by molar-refractivity contribution is 6.05. The van der Waals surface area contributed by atoms with Crippen LogP contribution in [-0.2, 0) is 5.41 Å². The first-order chi connectivity index (χ1) is 11.9. The number of allylic oxidation sites excluding steroid dienone is 1. The number of nitrogens with zero attached hydrogens (tertiary/aromatic N) is 2. The quantitative estimate of drug-likeness (QED) is 0.528. The summed E-state index contributed by atoms with van der Waals surface area (Å²) in [6.45, 7) is 4.55. The SMILES string of the molecule is CN(C#CN)c1ccc(C=CC2=[N+](C)c3ccccc3C2(C)C)cc1. The van der Waals surface area contributed by atoms with Crippen molar-refractivity contribution >= 4 is 23.2 Å². The summed E-state index contributed by atoms with van der Waals surface area (Å²) in [5.41, 5.74) is 11.4. The highest BCUT2D eigenvalue weighted by atomic mass is 15.1. The van der Waals surface area contributed by atoms with Crippen LogP contribution in [0.2, 0.25) is 0 Å². The van der Waals surface area contributed by atoms with Gasteiger partial charge in [0.15, 0.2) is 5.71 Å². The Bertz CT molecular complexity index is 906. The van der Waals surface area contributed by atoms with Crippen molar-refractivity contribution in [3.8, 4) is 12.1 Å². The Labute approximate surface area is 150 Å². The molecule has 3 rings (SSSR count). The van der Waals surface area contributed by atoms with Crippen LogP contribution in [0.25, 0.3) is 6.08 Å². The number of benzene rings is 2. The van der Waals surface area contributed by atoms with E-state index in [9.17, 15) is 0 Å². The fraction of sp³-hybridized carbons (Fsp3) is 0.227. The van der Waals surface area contributed by atoms with Gasteiger partial charge in [0.25, 0.3) is 0 Å². The minimum absolute atomic E-state index is 0.00127. The zero-order chi connectivity index (χ0) is 18.0. The number of anilines is 1. The van der Waals surface area contributed by atoms with Gasteiger partial charge in [0.05, 0.1) is 5.41 Å². The van der Waals surface area contributed by atoms with Crippen molar-refractivity contribution in [1.29, 1.82) is 0 Å². The maximum Gasteiger partial charge on any atom is 0.209 e. The van der Waals surface area contributed by atoms with E-state index in [4.69, 9.17) is 5.73 Å². The molecule has 25 heavy (non-hydrogen) atoms. The molecule has 1 aliphatic rings. The average molecular weight is 330 g/mol. The van der Waals surface area contributed by atoms with Gasteiger partial charge in [-0.3, -0.25) is 0 Å². The monoisotopic (exact) mass is 330 g/mol. The second-order valence-corrected chi connectivity index (χ2v) is 6.83. The predicted molar refractivity (Wildman–Crippen MR) is 106 cm³/mol. The van der Waals surface area contributed by atoms with Gasteiger partial charge >= 0.3 is 0 Å². The van der Waals surface area contributed by atoms with Crippen LogP contribution in [0.5, 0.6) is 0 Å². The lowest BCUT2D eigenvalue weighted by molar-refractivity contribution is -0.401. The van der Waals surface area contributed by atoms with E-state index in [-0.39, 0.29) is 5.41 Å². The molecule has 2 aromatic rings. The third-order valence-electron chi connectivity index (χ3n) is 4.89. The highest BCUT2D eigenvalue weighted by Crippen LogP contribution is 2.39. The molecule has 3 nitrogen and oxygen atoms in total. The van der Waals surface area contributed by atoms with Gasteiger partial charge in [0, 0.05) is 42.5 Å². The van der Waals surface area contributed by atoms with E-state index >= 15 is 0 Å². The van der Waals surface area contributed by atoms with Gasteiger partial charge < -0.3 is 10.6 Å². The first-order valence-corrected chi connectivity index (χ1v) is 8.39. The molecule has 0 bridgehead atoms. The Hall–Kier alpha value is -2.99. The molecule has 0 fully saturated rings. The minimum Gasteiger partial charge on any atom is -0.358 e. The standard InChI is InChI=1S/C22H24N3/c1-22(2)19-7-5-6-8-20(19)25(4)21(22)14-11-17-9-12-18(13-10-17)24(3)16-15-23/h5-14H,23H2,1-4H3/q+1. The third-order valence-corrected chi connectivity index (χ3v) is 4.89. The van der Waals surface area contributed by atoms with Crippen molar-refractivity contribution in [3.63, 3.8) is 0 Å². The largest absolute Gasteiger partial charge is 0.358 e. The first kappa shape index (κ1) is 16.9. The summed E-state index contributed by atoms with van der Waals surface area (Å²) in [6, 6.07) is 22.1. The molecule has 0 saturated heterocycles. The fourth-order valence-electron chi connectivity index (χ4n) is 3.45. The Balaban J connectivity index is 1.87. The lowest BCUT2D eigenvalue weighted by Gasteiger charge is -2.15. The number of nitrogens with two attached hydrogens (primary N) is 1. The van der Waals surface area contributed by atoms with Gasteiger partial charge in [0.1, 0.15) is 7.05 Å². The first-order valence-electron chi connectivity index (χ1n) is 8.39. The Morgan fingerprint density at radius 3 is 2.36 bits per heavy atom. The molecule has 0 unspecified atom stereocenters. The Kier molecular flexibility index (Phi) is 4.37. The summed E-state index contributed by atoms with van der Waals surface area (Å²) in [5, 5.41) is 0. The molecular weight excluding hydrogens is 306 g/mol. The molecule has 0 spiro atoms. The summed E-state index contributed by atoms with van der Waals surface area (Å²) in [6.07, 6.45) is 4.39. The van der Waals surface area contributed by atoms with E-state index < -0.39 is 0 Å². The topological polar surface area (TPSA) is 32.3 Å². The zero-order valence-electron chi connectivity index (χ0n) is 15.2. The van der Waals surface area contributed by atoms with Crippen LogP contribution in [0.15, 0.2) is 54.6 Å². The molecule has 0 saturated carbocycles. The summed E-state index contributed by atoms with van der Waals surface area (Å²) in [7, 11) is 4.03. The number of hydrogen-bond acceptors (Lipinski definition) is 2. The van der Waals surface area contributed by atoms with Crippen LogP contribution in [0.3, 0.4) is 0 Å². The van der Waals surface area contributed by atoms with Crippen molar-refractivity contribution in [1.82, 2.24) is 0 Å². The maximum absolute atomic E-state index is 5.27. The molecule has 0 aliphatic carbocycles. The van der Waals surface area contributed by atoms with Crippen molar-refractivity contribution < 1.29 is 4.58 Å². The number of para-hydroxylation sites is 1. The van der Waals surface area contributed by atoms with Crippen LogP contribution in [0.4, 0.5) is 11.4 Å². The van der Waals surface area contributed by atoms with E-state index in [0.717, 1.165) is 11.3 Å². The highest BCUT2D eigenvalue weighted by Gasteiger charge is 2.42. The van der Waals surface area contributed by atoms with Crippen LogP contribution >= 0.6 is 0 Å². The van der Waals surface area contributed by atoms with Crippen LogP contribution in [-0.4, -0.2) is 24.4 Å². The van der Waals surface area contributed by atoms with Gasteiger partial charge in [-0.1, -0.05) is 30.3 Å². The minimum atomic E-state index is -0.00127. The Morgan fingerprint density at radius 2 is 1.72 bits per heavy atom. The fourth-order valence-corrected chi connectivity index (χ4v) is 3.45. The molecule has 0 aromatic heterocycles. The van der Waals surface area contributed by atoms with E-state index in [2.05, 4.69) is 86.1 Å². The van der Waals surface area contributed by atoms with Crippen molar-refractivity contribution in [2.75, 3.05) is 19.0 Å². The van der Waals surface area contributed by atoms with E-state index in [0.29, 0.717) is 0 Å². The lowest BCUT2D eigenvalue weighted by Crippen LogP contribution is -2.26. The van der Waals surface area contributed by atoms with Gasteiger partial charge in [-0.15, -0.1) is 0 Å². The molecule has 0 atom stereocenters. The molecule has 126 valence electrons. The summed E-state index contributed by atoms with van der Waals surface area (Å²) < 4.78 is 2.28. The normalized spacial score (nSPS) is 15.0. The molecule has 1 aliphatic heterocycles. The van der Waals surface area contributed by atoms with Gasteiger partial charge in [0.2, 0.25) is 5.69 Å². The summed E-state index contributed by atoms with van der Waals surface area (Å²) >= 11 is 0. The zero-order valence-corrected chi connectivity index (χ0v) is 15.2. The smallest absolute Gasteiger partial charge is 0.209 e.